The van der Waals surface area contributed by atoms with Gasteiger partial charge in [0.05, 0.1) is 11.6 Å². The molecule has 0 amide bonds. The Morgan fingerprint density at radius 2 is 1.90 bits per heavy atom. The highest BCUT2D eigenvalue weighted by atomic mass is 19.1. The van der Waals surface area contributed by atoms with Gasteiger partial charge in [-0.25, -0.2) is 4.39 Å². The summed E-state index contributed by atoms with van der Waals surface area (Å²) in [5.41, 5.74) is 1.18. The molecule has 0 fully saturated rings. The molecule has 2 aromatic carbocycles. The van der Waals surface area contributed by atoms with Gasteiger partial charge in [-0.3, -0.25) is 4.98 Å². The zero-order chi connectivity index (χ0) is 14.8. The number of benzene rings is 2. The molecule has 0 aliphatic carbocycles. The van der Waals surface area contributed by atoms with Crippen LogP contribution in [0.5, 0.6) is 11.5 Å². The van der Waals surface area contributed by atoms with E-state index in [4.69, 9.17) is 4.74 Å². The van der Waals surface area contributed by atoms with Crippen LogP contribution in [0.25, 0.3) is 10.9 Å². The van der Waals surface area contributed by atoms with Crippen molar-refractivity contribution in [3.63, 3.8) is 0 Å². The molecule has 106 valence electrons. The first-order chi connectivity index (χ1) is 10.2. The van der Waals surface area contributed by atoms with Gasteiger partial charge in [-0.05, 0) is 37.3 Å². The first-order valence-corrected chi connectivity index (χ1v) is 6.65. The molecule has 1 atom stereocenters. The maximum atomic E-state index is 14.0. The van der Waals surface area contributed by atoms with Gasteiger partial charge in [0, 0.05) is 17.1 Å². The molecular formula is C17H14FNO2. The molecule has 0 saturated carbocycles. The monoisotopic (exact) mass is 283 g/mol. The van der Waals surface area contributed by atoms with E-state index in [1.165, 1.54) is 6.07 Å². The molecule has 1 N–H and O–H groups in total. The van der Waals surface area contributed by atoms with Crippen molar-refractivity contribution in [2.24, 2.45) is 0 Å². The predicted molar refractivity (Wildman–Crippen MR) is 78.9 cm³/mol. The minimum absolute atomic E-state index is 0.0452. The van der Waals surface area contributed by atoms with Gasteiger partial charge < -0.3 is 9.84 Å². The third kappa shape index (κ3) is 2.58. The molecular weight excluding hydrogens is 269 g/mol. The highest BCUT2D eigenvalue weighted by molar-refractivity contribution is 5.85. The number of rotatable bonds is 3. The lowest BCUT2D eigenvalue weighted by Gasteiger charge is -2.15. The molecule has 0 spiro atoms. The van der Waals surface area contributed by atoms with Crippen LogP contribution in [0.2, 0.25) is 0 Å². The van der Waals surface area contributed by atoms with Crippen molar-refractivity contribution in [1.29, 1.82) is 0 Å². The summed E-state index contributed by atoms with van der Waals surface area (Å²) in [5.74, 6) is 0.0470. The van der Waals surface area contributed by atoms with Crippen LogP contribution < -0.4 is 4.74 Å². The summed E-state index contributed by atoms with van der Waals surface area (Å²) in [6, 6.07) is 13.6. The van der Waals surface area contributed by atoms with Gasteiger partial charge in [-0.1, -0.05) is 18.2 Å². The Morgan fingerprint density at radius 3 is 2.71 bits per heavy atom. The Morgan fingerprint density at radius 1 is 1.10 bits per heavy atom. The lowest BCUT2D eigenvalue weighted by atomic mass is 10.1. The zero-order valence-corrected chi connectivity index (χ0v) is 11.5. The van der Waals surface area contributed by atoms with E-state index in [0.717, 1.165) is 10.9 Å². The second kappa shape index (κ2) is 5.50. The first kappa shape index (κ1) is 13.5. The van der Waals surface area contributed by atoms with Crippen LogP contribution >= 0.6 is 0 Å². The minimum atomic E-state index is -0.816. The number of para-hydroxylation sites is 1. The van der Waals surface area contributed by atoms with Gasteiger partial charge in [0.15, 0.2) is 11.6 Å². The number of ether oxygens (including phenoxy) is 1. The summed E-state index contributed by atoms with van der Waals surface area (Å²) in [6.45, 7) is 1.58. The Balaban J connectivity index is 2.11. The normalized spacial score (nSPS) is 12.3. The summed E-state index contributed by atoms with van der Waals surface area (Å²) in [5, 5.41) is 10.6. The van der Waals surface area contributed by atoms with Crippen LogP contribution in [0.1, 0.15) is 18.6 Å². The van der Waals surface area contributed by atoms with Crippen LogP contribution in [-0.4, -0.2) is 10.1 Å². The SMILES string of the molecule is C[C@@H](O)c1cccc(F)c1Oc1cccc2ncccc12. The smallest absolute Gasteiger partial charge is 0.168 e. The van der Waals surface area contributed by atoms with Crippen molar-refractivity contribution in [2.45, 2.75) is 13.0 Å². The predicted octanol–water partition coefficient (Wildman–Crippen LogP) is 4.22. The Hall–Kier alpha value is -2.46. The van der Waals surface area contributed by atoms with E-state index in [1.807, 2.05) is 12.1 Å². The molecule has 3 nitrogen and oxygen atoms in total. The third-order valence-electron chi connectivity index (χ3n) is 3.27. The fourth-order valence-corrected chi connectivity index (χ4v) is 2.24. The molecule has 0 aliphatic heterocycles. The number of hydrogen-bond acceptors (Lipinski definition) is 3. The fraction of sp³-hybridized carbons (Fsp3) is 0.118. The molecule has 1 aromatic heterocycles. The number of pyridine rings is 1. The summed E-state index contributed by atoms with van der Waals surface area (Å²) in [7, 11) is 0. The fourth-order valence-electron chi connectivity index (χ4n) is 2.24. The van der Waals surface area contributed by atoms with Gasteiger partial charge in [-0.2, -0.15) is 0 Å². The maximum absolute atomic E-state index is 14.0. The van der Waals surface area contributed by atoms with Gasteiger partial charge >= 0.3 is 0 Å². The third-order valence-corrected chi connectivity index (χ3v) is 3.27. The summed E-state index contributed by atoms with van der Waals surface area (Å²) in [4.78, 5) is 4.24. The number of aliphatic hydroxyl groups excluding tert-OH is 1. The van der Waals surface area contributed by atoms with Crippen molar-refractivity contribution in [3.8, 4) is 11.5 Å². The number of nitrogens with zero attached hydrogens (tertiary/aromatic N) is 1. The number of fused-ring (bicyclic) bond motifs is 1. The van der Waals surface area contributed by atoms with Crippen molar-refractivity contribution in [1.82, 2.24) is 4.98 Å². The summed E-state index contributed by atoms with van der Waals surface area (Å²) < 4.78 is 19.8. The molecule has 21 heavy (non-hydrogen) atoms. The van der Waals surface area contributed by atoms with Gasteiger partial charge in [0.25, 0.3) is 0 Å². The Bertz CT molecular complexity index is 781. The van der Waals surface area contributed by atoms with Crippen LogP contribution in [0.15, 0.2) is 54.7 Å². The number of aliphatic hydroxyl groups is 1. The van der Waals surface area contributed by atoms with Crippen molar-refractivity contribution in [3.05, 3.63) is 66.1 Å². The second-order valence-electron chi connectivity index (χ2n) is 4.76. The zero-order valence-electron chi connectivity index (χ0n) is 11.5. The number of hydrogen-bond donors (Lipinski definition) is 1. The van der Waals surface area contributed by atoms with E-state index in [1.54, 1.807) is 43.5 Å². The van der Waals surface area contributed by atoms with Crippen molar-refractivity contribution >= 4 is 10.9 Å². The average molecular weight is 283 g/mol. The van der Waals surface area contributed by atoms with Crippen LogP contribution in [0.4, 0.5) is 4.39 Å². The molecule has 4 heteroatoms. The lowest BCUT2D eigenvalue weighted by molar-refractivity contribution is 0.194. The molecule has 3 aromatic rings. The molecule has 0 aliphatic rings. The van der Waals surface area contributed by atoms with E-state index in [2.05, 4.69) is 4.98 Å². The lowest BCUT2D eigenvalue weighted by Crippen LogP contribution is -1.99. The number of aromatic nitrogens is 1. The van der Waals surface area contributed by atoms with E-state index in [0.29, 0.717) is 11.3 Å². The Kier molecular flexibility index (Phi) is 3.54. The van der Waals surface area contributed by atoms with Crippen LogP contribution in [0, 0.1) is 5.82 Å². The average Bonchev–Trinajstić information content (AvgIpc) is 2.49. The van der Waals surface area contributed by atoms with Crippen molar-refractivity contribution < 1.29 is 14.2 Å². The largest absolute Gasteiger partial charge is 0.453 e. The number of halogens is 1. The van der Waals surface area contributed by atoms with Gasteiger partial charge in [-0.15, -0.1) is 0 Å². The molecule has 0 saturated heterocycles. The summed E-state index contributed by atoms with van der Waals surface area (Å²) >= 11 is 0. The molecule has 0 unspecified atom stereocenters. The van der Waals surface area contributed by atoms with Gasteiger partial charge in [0.2, 0.25) is 0 Å². The highest BCUT2D eigenvalue weighted by Gasteiger charge is 2.15. The first-order valence-electron chi connectivity index (χ1n) is 6.65. The quantitative estimate of drug-likeness (QED) is 0.782. The molecule has 0 radical (unpaired) electrons. The standard InChI is InChI=1S/C17H14FNO2/c1-11(20)12-5-2-7-14(18)17(12)21-16-9-3-8-15-13(16)6-4-10-19-15/h2-11,20H,1H3/t11-/m1/s1. The van der Waals surface area contributed by atoms with E-state index < -0.39 is 11.9 Å². The maximum Gasteiger partial charge on any atom is 0.168 e. The van der Waals surface area contributed by atoms with Crippen LogP contribution in [-0.2, 0) is 0 Å². The Labute approximate surface area is 121 Å². The summed E-state index contributed by atoms with van der Waals surface area (Å²) in [6.07, 6.45) is 0.875. The van der Waals surface area contributed by atoms with E-state index >= 15 is 0 Å². The molecule has 1 heterocycles. The van der Waals surface area contributed by atoms with E-state index in [9.17, 15) is 9.50 Å². The van der Waals surface area contributed by atoms with Crippen molar-refractivity contribution in [2.75, 3.05) is 0 Å². The minimum Gasteiger partial charge on any atom is -0.453 e. The highest BCUT2D eigenvalue weighted by Crippen LogP contribution is 2.35. The molecule has 3 rings (SSSR count). The van der Waals surface area contributed by atoms with Crippen LogP contribution in [0.3, 0.4) is 0 Å². The topological polar surface area (TPSA) is 42.4 Å². The second-order valence-corrected chi connectivity index (χ2v) is 4.76. The van der Waals surface area contributed by atoms with Gasteiger partial charge in [0.1, 0.15) is 5.75 Å². The molecule has 0 bridgehead atoms. The van der Waals surface area contributed by atoms with E-state index in [-0.39, 0.29) is 5.75 Å².